The Morgan fingerprint density at radius 1 is 1.18 bits per heavy atom. The summed E-state index contributed by atoms with van der Waals surface area (Å²) in [6.07, 6.45) is 7.13. The molecular weight excluding hydrogens is 356 g/mol. The van der Waals surface area contributed by atoms with Gasteiger partial charge in [-0.3, -0.25) is 9.59 Å². The zero-order valence-electron chi connectivity index (χ0n) is 16.5. The van der Waals surface area contributed by atoms with E-state index in [2.05, 4.69) is 6.92 Å². The number of carbonyl (C=O) groups is 2. The largest absolute Gasteiger partial charge is 0.481 e. The average molecular weight is 386 g/mol. The Morgan fingerprint density at radius 2 is 1.96 bits per heavy atom. The number of hydrogen-bond acceptors (Lipinski definition) is 4. The third-order valence-electron chi connectivity index (χ3n) is 11.0. The number of hydrogen-bond donors (Lipinski definition) is 2. The van der Waals surface area contributed by atoms with Crippen LogP contribution in [0.1, 0.15) is 64.7 Å². The molecule has 6 saturated carbocycles. The summed E-state index contributed by atoms with van der Waals surface area (Å²) in [5.41, 5.74) is -1.13. The van der Waals surface area contributed by atoms with Crippen molar-refractivity contribution in [3.8, 4) is 0 Å². The molecule has 0 bridgehead atoms. The lowest BCUT2D eigenvalue weighted by Gasteiger charge is -2.61. The van der Waals surface area contributed by atoms with Crippen LogP contribution < -0.4 is 0 Å². The quantitative estimate of drug-likeness (QED) is 0.729. The van der Waals surface area contributed by atoms with Gasteiger partial charge in [0.05, 0.1) is 5.60 Å². The maximum Gasteiger partial charge on any atom is 0.303 e. The molecule has 5 heteroatoms. The van der Waals surface area contributed by atoms with Crippen molar-refractivity contribution in [1.82, 2.24) is 0 Å². The highest BCUT2D eigenvalue weighted by Gasteiger charge is 2.91. The lowest BCUT2D eigenvalue weighted by Crippen LogP contribution is -2.64. The highest BCUT2D eigenvalue weighted by molar-refractivity contribution is 5.81. The third-order valence-corrected chi connectivity index (χ3v) is 11.0. The Morgan fingerprint density at radius 3 is 2.75 bits per heavy atom. The van der Waals surface area contributed by atoms with E-state index in [1.807, 2.05) is 0 Å². The van der Waals surface area contributed by atoms with E-state index in [0.717, 1.165) is 31.6 Å². The summed E-state index contributed by atoms with van der Waals surface area (Å²) in [6.45, 7) is 2.29. The van der Waals surface area contributed by atoms with E-state index in [-0.39, 0.29) is 28.8 Å². The zero-order chi connectivity index (χ0) is 19.3. The number of aliphatic hydroxyl groups is 1. The second-order valence-corrected chi connectivity index (χ2v) is 11.6. The molecule has 28 heavy (non-hydrogen) atoms. The molecule has 1 heterocycles. The van der Waals surface area contributed by atoms with E-state index in [1.54, 1.807) is 0 Å². The summed E-state index contributed by atoms with van der Waals surface area (Å²) in [5.74, 6) is 3.36. The topological polar surface area (TPSA) is 87.1 Å². The normalized spacial score (nSPS) is 64.5. The summed E-state index contributed by atoms with van der Waals surface area (Å²) in [4.78, 5) is 23.5. The van der Waals surface area contributed by atoms with Gasteiger partial charge in [0.15, 0.2) is 0 Å². The highest BCUT2D eigenvalue weighted by atomic mass is 16.6. The SMILES string of the molecule is C[C@]12CCC(=O)C[C@@]1(O)[C@@H]1C[C@@H]1C1C2CC[C@]23O[C@@]2(CCC(=O)O)[C@H]2C[C@H]2C13. The van der Waals surface area contributed by atoms with Crippen molar-refractivity contribution < 1.29 is 24.5 Å². The summed E-state index contributed by atoms with van der Waals surface area (Å²) >= 11 is 0. The molecule has 1 saturated heterocycles. The minimum absolute atomic E-state index is 0.0549. The lowest BCUT2D eigenvalue weighted by atomic mass is 9.44. The fraction of sp³-hybridized carbons (Fsp3) is 0.913. The number of carbonyl (C=O) groups excluding carboxylic acids is 1. The van der Waals surface area contributed by atoms with E-state index in [4.69, 9.17) is 4.74 Å². The Balaban J connectivity index is 1.26. The molecule has 0 aromatic rings. The third kappa shape index (κ3) is 1.57. The Bertz CT molecular complexity index is 824. The second-order valence-electron chi connectivity index (χ2n) is 11.6. The van der Waals surface area contributed by atoms with Crippen molar-refractivity contribution in [2.45, 2.75) is 81.5 Å². The van der Waals surface area contributed by atoms with E-state index in [0.29, 0.717) is 54.8 Å². The fourth-order valence-corrected chi connectivity index (χ4v) is 9.88. The molecule has 11 atom stereocenters. The molecule has 5 nitrogen and oxygen atoms in total. The Labute approximate surface area is 165 Å². The first-order valence-electron chi connectivity index (χ1n) is 11.4. The van der Waals surface area contributed by atoms with Gasteiger partial charge in [0.1, 0.15) is 17.0 Å². The number of epoxide rings is 1. The van der Waals surface area contributed by atoms with Gasteiger partial charge in [-0.1, -0.05) is 6.92 Å². The molecule has 1 spiro atoms. The number of fused-ring (bicyclic) bond motifs is 10. The molecule has 152 valence electrons. The van der Waals surface area contributed by atoms with Crippen LogP contribution in [0.4, 0.5) is 0 Å². The van der Waals surface area contributed by atoms with Crippen molar-refractivity contribution in [3.63, 3.8) is 0 Å². The number of rotatable bonds is 3. The monoisotopic (exact) mass is 386 g/mol. The van der Waals surface area contributed by atoms with Gasteiger partial charge in [-0.2, -0.15) is 0 Å². The van der Waals surface area contributed by atoms with E-state index in [9.17, 15) is 19.8 Å². The van der Waals surface area contributed by atoms with Gasteiger partial charge in [-0.15, -0.1) is 0 Å². The maximum atomic E-state index is 12.2. The summed E-state index contributed by atoms with van der Waals surface area (Å²) in [6, 6.07) is 0. The number of Topliss-reactive ketones (excluding diaryl/α,β-unsaturated/α-hetero) is 1. The first-order chi connectivity index (χ1) is 13.3. The van der Waals surface area contributed by atoms with Crippen LogP contribution in [-0.2, 0) is 14.3 Å². The van der Waals surface area contributed by atoms with Gasteiger partial charge in [0.2, 0.25) is 0 Å². The molecule has 0 aromatic carbocycles. The van der Waals surface area contributed by atoms with Gasteiger partial charge in [-0.05, 0) is 80.0 Å². The Kier molecular flexibility index (Phi) is 2.72. The van der Waals surface area contributed by atoms with Gasteiger partial charge < -0.3 is 14.9 Å². The lowest BCUT2D eigenvalue weighted by molar-refractivity contribution is -0.206. The van der Waals surface area contributed by atoms with E-state index < -0.39 is 11.6 Å². The second kappa shape index (κ2) is 4.54. The molecule has 0 aromatic heterocycles. The first kappa shape index (κ1) is 16.8. The highest BCUT2D eigenvalue weighted by Crippen LogP contribution is 2.86. The van der Waals surface area contributed by atoms with Crippen LogP contribution in [0.5, 0.6) is 0 Å². The molecule has 7 aliphatic rings. The van der Waals surface area contributed by atoms with Crippen molar-refractivity contribution in [2.75, 3.05) is 0 Å². The molecule has 6 aliphatic carbocycles. The summed E-state index contributed by atoms with van der Waals surface area (Å²) in [5, 5.41) is 21.0. The van der Waals surface area contributed by atoms with Crippen molar-refractivity contribution in [3.05, 3.63) is 0 Å². The molecule has 0 amide bonds. The van der Waals surface area contributed by atoms with Crippen LogP contribution in [0.15, 0.2) is 0 Å². The number of ether oxygens (including phenoxy) is 1. The number of ketones is 1. The molecule has 0 radical (unpaired) electrons. The first-order valence-corrected chi connectivity index (χ1v) is 11.4. The van der Waals surface area contributed by atoms with Gasteiger partial charge in [0.25, 0.3) is 0 Å². The Hall–Kier alpha value is -0.940. The van der Waals surface area contributed by atoms with Crippen LogP contribution >= 0.6 is 0 Å². The predicted molar refractivity (Wildman–Crippen MR) is 98.2 cm³/mol. The summed E-state index contributed by atoms with van der Waals surface area (Å²) < 4.78 is 6.58. The average Bonchev–Trinajstić information content (AvgIpc) is 3.53. The number of carboxylic acids is 1. The van der Waals surface area contributed by atoms with Gasteiger partial charge >= 0.3 is 5.97 Å². The smallest absolute Gasteiger partial charge is 0.303 e. The van der Waals surface area contributed by atoms with Crippen LogP contribution in [0.3, 0.4) is 0 Å². The van der Waals surface area contributed by atoms with Crippen LogP contribution in [0.25, 0.3) is 0 Å². The van der Waals surface area contributed by atoms with Crippen LogP contribution in [0, 0.1) is 46.8 Å². The van der Waals surface area contributed by atoms with E-state index in [1.165, 1.54) is 6.42 Å². The standard InChI is InChI=1S/C23H30O5/c1-20-5-2-11(24)10-21(20,27)15-8-12(15)18-14(20)3-6-23-19(18)13-9-16(13)22(23,28-23)7-4-17(25)26/h12-16,18-19,27H,2-10H2,1H3,(H,25,26)/t12-,13+,14?,15+,16-,18?,19?,20+,21+,22-,23+/m0/s1. The minimum Gasteiger partial charge on any atom is -0.481 e. The van der Waals surface area contributed by atoms with Crippen molar-refractivity contribution in [1.29, 1.82) is 0 Å². The number of aliphatic carboxylic acids is 1. The predicted octanol–water partition coefficient (Wildman–Crippen LogP) is 2.79. The molecule has 7 rings (SSSR count). The van der Waals surface area contributed by atoms with Crippen molar-refractivity contribution in [2.24, 2.45) is 46.8 Å². The molecule has 1 aliphatic heterocycles. The minimum atomic E-state index is -0.787. The van der Waals surface area contributed by atoms with Crippen molar-refractivity contribution >= 4 is 11.8 Å². The van der Waals surface area contributed by atoms with E-state index >= 15 is 0 Å². The number of carboxylic acid groups (broad SMARTS) is 1. The maximum absolute atomic E-state index is 12.2. The van der Waals surface area contributed by atoms with Crippen LogP contribution in [-0.4, -0.2) is 38.8 Å². The summed E-state index contributed by atoms with van der Waals surface area (Å²) in [7, 11) is 0. The molecule has 3 unspecified atom stereocenters. The fourth-order valence-electron chi connectivity index (χ4n) is 9.88. The van der Waals surface area contributed by atoms with Gasteiger partial charge in [0, 0.05) is 24.7 Å². The van der Waals surface area contributed by atoms with Gasteiger partial charge in [-0.25, -0.2) is 0 Å². The molecular formula is C23H30O5. The molecule has 7 fully saturated rings. The molecule has 2 N–H and O–H groups in total. The van der Waals surface area contributed by atoms with Crippen LogP contribution in [0.2, 0.25) is 0 Å². The zero-order valence-corrected chi connectivity index (χ0v) is 16.5.